The van der Waals surface area contributed by atoms with Gasteiger partial charge in [0.25, 0.3) is 0 Å². The second-order valence-corrected chi connectivity index (χ2v) is 4.75. The van der Waals surface area contributed by atoms with Gasteiger partial charge in [-0.1, -0.05) is 23.7 Å². The minimum absolute atomic E-state index is 0.0798. The SMILES string of the molecule is Nc1ccccc1OCCC(=O)Nc1ccc(Cl)cc1F. The van der Waals surface area contributed by atoms with Crippen LogP contribution in [-0.4, -0.2) is 12.5 Å². The summed E-state index contributed by atoms with van der Waals surface area (Å²) in [4.78, 5) is 11.7. The molecule has 21 heavy (non-hydrogen) atoms. The van der Waals surface area contributed by atoms with E-state index in [1.807, 2.05) is 0 Å². The maximum absolute atomic E-state index is 13.5. The van der Waals surface area contributed by atoms with E-state index < -0.39 is 5.82 Å². The molecule has 0 unspecified atom stereocenters. The number of halogens is 2. The number of nitrogen functional groups attached to an aromatic ring is 1. The summed E-state index contributed by atoms with van der Waals surface area (Å²) >= 11 is 5.64. The van der Waals surface area contributed by atoms with Gasteiger partial charge >= 0.3 is 0 Å². The minimum Gasteiger partial charge on any atom is -0.491 e. The highest BCUT2D eigenvalue weighted by molar-refractivity contribution is 6.30. The van der Waals surface area contributed by atoms with Gasteiger partial charge < -0.3 is 15.8 Å². The Balaban J connectivity index is 1.84. The second kappa shape index (κ2) is 6.95. The molecule has 1 amide bonds. The average Bonchev–Trinajstić information content (AvgIpc) is 2.44. The maximum Gasteiger partial charge on any atom is 0.227 e. The quantitative estimate of drug-likeness (QED) is 0.831. The molecular weight excluding hydrogens is 295 g/mol. The summed E-state index contributed by atoms with van der Waals surface area (Å²) in [5.74, 6) is -0.419. The molecule has 0 heterocycles. The second-order valence-electron chi connectivity index (χ2n) is 4.31. The Kier molecular flexibility index (Phi) is 5.00. The van der Waals surface area contributed by atoms with Crippen molar-refractivity contribution < 1.29 is 13.9 Å². The molecule has 2 aromatic rings. The zero-order chi connectivity index (χ0) is 15.2. The smallest absolute Gasteiger partial charge is 0.227 e. The standard InChI is InChI=1S/C15H14ClFN2O2/c16-10-5-6-13(11(17)9-10)19-15(20)7-8-21-14-4-2-1-3-12(14)18/h1-6,9H,7-8,18H2,(H,19,20). The topological polar surface area (TPSA) is 64.3 Å². The summed E-state index contributed by atoms with van der Waals surface area (Å²) in [5.41, 5.74) is 6.30. The molecule has 0 aliphatic heterocycles. The van der Waals surface area contributed by atoms with E-state index in [0.717, 1.165) is 6.07 Å². The van der Waals surface area contributed by atoms with Crippen LogP contribution < -0.4 is 15.8 Å². The van der Waals surface area contributed by atoms with Crippen molar-refractivity contribution in [3.8, 4) is 5.75 Å². The summed E-state index contributed by atoms with van der Waals surface area (Å²) in [6.45, 7) is 0.148. The molecule has 0 saturated heterocycles. The van der Waals surface area contributed by atoms with Gasteiger partial charge in [-0.15, -0.1) is 0 Å². The number of carbonyl (C=O) groups excluding carboxylic acids is 1. The normalized spacial score (nSPS) is 10.2. The Labute approximate surface area is 126 Å². The van der Waals surface area contributed by atoms with Crippen molar-refractivity contribution in [2.45, 2.75) is 6.42 Å². The molecule has 0 saturated carbocycles. The molecule has 0 fully saturated rings. The molecule has 0 spiro atoms. The van der Waals surface area contributed by atoms with Gasteiger partial charge in [-0.05, 0) is 30.3 Å². The largest absolute Gasteiger partial charge is 0.491 e. The zero-order valence-corrected chi connectivity index (χ0v) is 11.9. The Morgan fingerprint density at radius 1 is 1.29 bits per heavy atom. The Bertz CT molecular complexity index is 649. The number of nitrogens with one attached hydrogen (secondary N) is 1. The number of nitrogens with two attached hydrogens (primary N) is 1. The van der Waals surface area contributed by atoms with E-state index in [1.54, 1.807) is 24.3 Å². The number of hydrogen-bond donors (Lipinski definition) is 2. The van der Waals surface area contributed by atoms with Gasteiger partial charge in [0.15, 0.2) is 0 Å². The molecule has 2 aromatic carbocycles. The molecule has 0 radical (unpaired) electrons. The van der Waals surface area contributed by atoms with Gasteiger partial charge in [-0.25, -0.2) is 4.39 Å². The zero-order valence-electron chi connectivity index (χ0n) is 11.1. The summed E-state index contributed by atoms with van der Waals surface area (Å²) < 4.78 is 18.9. The first kappa shape index (κ1) is 15.1. The monoisotopic (exact) mass is 308 g/mol. The first-order chi connectivity index (χ1) is 10.1. The van der Waals surface area contributed by atoms with Crippen molar-refractivity contribution in [2.24, 2.45) is 0 Å². The lowest BCUT2D eigenvalue weighted by Gasteiger charge is -2.09. The average molecular weight is 309 g/mol. The summed E-state index contributed by atoms with van der Waals surface area (Å²) in [6.07, 6.45) is 0.0798. The van der Waals surface area contributed by atoms with E-state index in [9.17, 15) is 9.18 Å². The third-order valence-corrected chi connectivity index (χ3v) is 2.95. The van der Waals surface area contributed by atoms with Crippen LogP contribution in [0.5, 0.6) is 5.75 Å². The van der Waals surface area contributed by atoms with Crippen molar-refractivity contribution in [3.05, 3.63) is 53.3 Å². The van der Waals surface area contributed by atoms with Crippen LogP contribution in [0.1, 0.15) is 6.42 Å². The van der Waals surface area contributed by atoms with Gasteiger partial charge in [0.2, 0.25) is 5.91 Å². The summed E-state index contributed by atoms with van der Waals surface area (Å²) in [6, 6.07) is 11.0. The molecule has 6 heteroatoms. The van der Waals surface area contributed by atoms with Crippen molar-refractivity contribution in [2.75, 3.05) is 17.7 Å². The van der Waals surface area contributed by atoms with Crippen LogP contribution in [0, 0.1) is 5.82 Å². The third kappa shape index (κ3) is 4.36. The van der Waals surface area contributed by atoms with Gasteiger partial charge in [-0.3, -0.25) is 4.79 Å². The van der Waals surface area contributed by atoms with Gasteiger partial charge in [0, 0.05) is 5.02 Å². The van der Waals surface area contributed by atoms with Crippen molar-refractivity contribution >= 4 is 28.9 Å². The Morgan fingerprint density at radius 3 is 2.76 bits per heavy atom. The molecule has 3 N–H and O–H groups in total. The van der Waals surface area contributed by atoms with Crippen molar-refractivity contribution in [3.63, 3.8) is 0 Å². The fraction of sp³-hybridized carbons (Fsp3) is 0.133. The Morgan fingerprint density at radius 2 is 2.05 bits per heavy atom. The summed E-state index contributed by atoms with van der Waals surface area (Å²) in [7, 11) is 0. The maximum atomic E-state index is 13.5. The lowest BCUT2D eigenvalue weighted by atomic mass is 10.3. The lowest BCUT2D eigenvalue weighted by molar-refractivity contribution is -0.116. The van der Waals surface area contributed by atoms with Crippen molar-refractivity contribution in [1.29, 1.82) is 0 Å². The van der Waals surface area contributed by atoms with Gasteiger partial charge in [0.1, 0.15) is 11.6 Å². The number of rotatable bonds is 5. The minimum atomic E-state index is -0.580. The van der Waals surface area contributed by atoms with Crippen LogP contribution in [0.4, 0.5) is 15.8 Å². The third-order valence-electron chi connectivity index (χ3n) is 2.71. The van der Waals surface area contributed by atoms with Gasteiger partial charge in [-0.2, -0.15) is 0 Å². The molecule has 0 aliphatic carbocycles. The molecule has 0 aromatic heterocycles. The first-order valence-electron chi connectivity index (χ1n) is 6.28. The van der Waals surface area contributed by atoms with Crippen LogP contribution in [-0.2, 0) is 4.79 Å². The van der Waals surface area contributed by atoms with Crippen LogP contribution in [0.15, 0.2) is 42.5 Å². The number of benzene rings is 2. The fourth-order valence-electron chi connectivity index (χ4n) is 1.67. The summed E-state index contributed by atoms with van der Waals surface area (Å²) in [5, 5.41) is 2.73. The number of amides is 1. The molecule has 0 bridgehead atoms. The molecular formula is C15H14ClFN2O2. The number of ether oxygens (including phenoxy) is 1. The number of carbonyl (C=O) groups is 1. The predicted molar refractivity (Wildman–Crippen MR) is 81.0 cm³/mol. The molecule has 0 aliphatic rings. The molecule has 110 valence electrons. The molecule has 4 nitrogen and oxygen atoms in total. The highest BCUT2D eigenvalue weighted by atomic mass is 35.5. The van der Waals surface area contributed by atoms with E-state index in [2.05, 4.69) is 5.32 Å². The lowest BCUT2D eigenvalue weighted by Crippen LogP contribution is -2.16. The van der Waals surface area contributed by atoms with Crippen molar-refractivity contribution in [1.82, 2.24) is 0 Å². The van der Waals surface area contributed by atoms with Gasteiger partial charge in [0.05, 0.1) is 24.4 Å². The van der Waals surface area contributed by atoms with E-state index in [4.69, 9.17) is 22.1 Å². The Hall–Kier alpha value is -2.27. The van der Waals surface area contributed by atoms with Crippen LogP contribution >= 0.6 is 11.6 Å². The van der Waals surface area contributed by atoms with E-state index in [1.165, 1.54) is 12.1 Å². The van der Waals surface area contributed by atoms with E-state index in [0.29, 0.717) is 11.4 Å². The highest BCUT2D eigenvalue weighted by Crippen LogP contribution is 2.20. The van der Waals surface area contributed by atoms with E-state index >= 15 is 0 Å². The van der Waals surface area contributed by atoms with E-state index in [-0.39, 0.29) is 29.6 Å². The highest BCUT2D eigenvalue weighted by Gasteiger charge is 2.08. The number of anilines is 2. The molecule has 2 rings (SSSR count). The van der Waals surface area contributed by atoms with Crippen LogP contribution in [0.3, 0.4) is 0 Å². The predicted octanol–water partition coefficient (Wildman–Crippen LogP) is 3.47. The number of para-hydroxylation sites is 2. The first-order valence-corrected chi connectivity index (χ1v) is 6.66. The van der Waals surface area contributed by atoms with Crippen LogP contribution in [0.25, 0.3) is 0 Å². The molecule has 0 atom stereocenters. The number of hydrogen-bond acceptors (Lipinski definition) is 3. The fourth-order valence-corrected chi connectivity index (χ4v) is 1.83. The van der Waals surface area contributed by atoms with Crippen LogP contribution in [0.2, 0.25) is 5.02 Å².